The molecule has 2 aliphatic carbocycles. The normalized spacial score (nSPS) is 39.6. The molecule has 3 atom stereocenters. The fourth-order valence-electron chi connectivity index (χ4n) is 3.65. The standard InChI is InChI=1S/C14H24O2/c1-11-5-6-12-4-3-8-14(10-12,9-7-11)13(15)16-2/h11-12H,3-10H2,1-2H3. The van der Waals surface area contributed by atoms with E-state index in [4.69, 9.17) is 4.74 Å². The molecule has 2 fully saturated rings. The molecule has 92 valence electrons. The average Bonchev–Trinajstić information content (AvgIpc) is 2.32. The number of carbonyl (C=O) groups is 1. The van der Waals surface area contributed by atoms with E-state index in [1.807, 2.05) is 0 Å². The van der Waals surface area contributed by atoms with Crippen LogP contribution in [-0.2, 0) is 9.53 Å². The van der Waals surface area contributed by atoms with E-state index >= 15 is 0 Å². The number of methoxy groups -OCH3 is 1. The van der Waals surface area contributed by atoms with Crippen LogP contribution in [0.25, 0.3) is 0 Å². The van der Waals surface area contributed by atoms with Crippen molar-refractivity contribution in [2.45, 2.75) is 58.3 Å². The third-order valence-electron chi connectivity index (χ3n) is 4.75. The van der Waals surface area contributed by atoms with Crippen LogP contribution < -0.4 is 0 Å². The Kier molecular flexibility index (Phi) is 3.56. The number of carbonyl (C=O) groups excluding carboxylic acids is 1. The fraction of sp³-hybridized carbons (Fsp3) is 0.929. The number of ether oxygens (including phenoxy) is 1. The molecule has 2 heteroatoms. The minimum atomic E-state index is -0.119. The van der Waals surface area contributed by atoms with E-state index in [0.717, 1.165) is 31.1 Å². The van der Waals surface area contributed by atoms with Gasteiger partial charge in [0.1, 0.15) is 0 Å². The van der Waals surface area contributed by atoms with Crippen molar-refractivity contribution in [3.8, 4) is 0 Å². The quantitative estimate of drug-likeness (QED) is 0.637. The van der Waals surface area contributed by atoms with E-state index in [9.17, 15) is 4.79 Å². The summed E-state index contributed by atoms with van der Waals surface area (Å²) in [6.07, 6.45) is 9.61. The zero-order chi connectivity index (χ0) is 11.6. The van der Waals surface area contributed by atoms with Crippen LogP contribution in [0.15, 0.2) is 0 Å². The van der Waals surface area contributed by atoms with Crippen LogP contribution in [0.3, 0.4) is 0 Å². The van der Waals surface area contributed by atoms with Crippen molar-refractivity contribution in [1.29, 1.82) is 0 Å². The monoisotopic (exact) mass is 224 g/mol. The zero-order valence-corrected chi connectivity index (χ0v) is 10.6. The van der Waals surface area contributed by atoms with Crippen LogP contribution in [0.2, 0.25) is 0 Å². The number of hydrogen-bond donors (Lipinski definition) is 0. The van der Waals surface area contributed by atoms with Gasteiger partial charge in [-0.15, -0.1) is 0 Å². The van der Waals surface area contributed by atoms with Gasteiger partial charge in [-0.05, 0) is 37.5 Å². The first kappa shape index (κ1) is 11.9. The van der Waals surface area contributed by atoms with Gasteiger partial charge in [0, 0.05) is 0 Å². The fourth-order valence-corrected chi connectivity index (χ4v) is 3.65. The molecule has 0 aliphatic heterocycles. The molecule has 0 radical (unpaired) electrons. The lowest BCUT2D eigenvalue weighted by atomic mass is 9.63. The zero-order valence-electron chi connectivity index (χ0n) is 10.6. The molecule has 16 heavy (non-hydrogen) atoms. The summed E-state index contributed by atoms with van der Waals surface area (Å²) in [5.74, 6) is 1.62. The lowest BCUT2D eigenvalue weighted by Crippen LogP contribution is -2.39. The van der Waals surface area contributed by atoms with Gasteiger partial charge in [-0.2, -0.15) is 0 Å². The maximum Gasteiger partial charge on any atom is 0.311 e. The third kappa shape index (κ3) is 2.26. The van der Waals surface area contributed by atoms with E-state index in [-0.39, 0.29) is 11.4 Å². The lowest BCUT2D eigenvalue weighted by Gasteiger charge is -2.41. The summed E-state index contributed by atoms with van der Waals surface area (Å²) < 4.78 is 5.06. The van der Waals surface area contributed by atoms with Crippen molar-refractivity contribution in [2.75, 3.05) is 7.11 Å². The first-order valence-electron chi connectivity index (χ1n) is 6.75. The summed E-state index contributed by atoms with van der Waals surface area (Å²) in [6.45, 7) is 2.33. The van der Waals surface area contributed by atoms with Crippen molar-refractivity contribution >= 4 is 5.97 Å². The smallest absolute Gasteiger partial charge is 0.311 e. The Hall–Kier alpha value is -0.530. The van der Waals surface area contributed by atoms with Crippen LogP contribution in [0.4, 0.5) is 0 Å². The van der Waals surface area contributed by atoms with E-state index < -0.39 is 0 Å². The molecule has 0 aromatic rings. The van der Waals surface area contributed by atoms with E-state index in [1.165, 1.54) is 32.1 Å². The second kappa shape index (κ2) is 4.77. The molecular weight excluding hydrogens is 200 g/mol. The molecule has 2 bridgehead atoms. The van der Waals surface area contributed by atoms with Crippen molar-refractivity contribution in [3.05, 3.63) is 0 Å². The van der Waals surface area contributed by atoms with E-state index in [1.54, 1.807) is 7.11 Å². The second-order valence-electron chi connectivity index (χ2n) is 5.96. The van der Waals surface area contributed by atoms with Gasteiger partial charge in [-0.1, -0.05) is 32.6 Å². The van der Waals surface area contributed by atoms with E-state index in [2.05, 4.69) is 6.92 Å². The predicted octanol–water partition coefficient (Wildman–Crippen LogP) is 3.55. The van der Waals surface area contributed by atoms with Crippen LogP contribution in [-0.4, -0.2) is 13.1 Å². The summed E-state index contributed by atoms with van der Waals surface area (Å²) in [7, 11) is 1.54. The van der Waals surface area contributed by atoms with Crippen molar-refractivity contribution in [3.63, 3.8) is 0 Å². The lowest BCUT2D eigenvalue weighted by molar-refractivity contribution is -0.157. The molecule has 0 aromatic heterocycles. The summed E-state index contributed by atoms with van der Waals surface area (Å²) >= 11 is 0. The summed E-state index contributed by atoms with van der Waals surface area (Å²) in [4.78, 5) is 12.0. The molecule has 0 saturated heterocycles. The molecule has 0 N–H and O–H groups in total. The Morgan fingerprint density at radius 2 is 2.00 bits per heavy atom. The second-order valence-corrected chi connectivity index (χ2v) is 5.96. The molecule has 2 aliphatic rings. The van der Waals surface area contributed by atoms with Gasteiger partial charge in [0.05, 0.1) is 12.5 Å². The largest absolute Gasteiger partial charge is 0.469 e. The topological polar surface area (TPSA) is 26.3 Å². The van der Waals surface area contributed by atoms with Crippen LogP contribution in [0.5, 0.6) is 0 Å². The van der Waals surface area contributed by atoms with Gasteiger partial charge in [-0.3, -0.25) is 4.79 Å². The van der Waals surface area contributed by atoms with Crippen LogP contribution >= 0.6 is 0 Å². The first-order valence-corrected chi connectivity index (χ1v) is 6.75. The van der Waals surface area contributed by atoms with Crippen molar-refractivity contribution < 1.29 is 9.53 Å². The molecule has 3 unspecified atom stereocenters. The van der Waals surface area contributed by atoms with Crippen molar-refractivity contribution in [1.82, 2.24) is 0 Å². The SMILES string of the molecule is COC(=O)C12CCCC(CCC(C)CC1)C2. The molecule has 2 saturated carbocycles. The molecule has 2 rings (SSSR count). The summed E-state index contributed by atoms with van der Waals surface area (Å²) in [5.41, 5.74) is -0.119. The molecular formula is C14H24O2. The number of fused-ring (bicyclic) bond motifs is 2. The van der Waals surface area contributed by atoms with Crippen LogP contribution in [0, 0.1) is 17.3 Å². The number of hydrogen-bond acceptors (Lipinski definition) is 2. The maximum atomic E-state index is 12.0. The maximum absolute atomic E-state index is 12.0. The van der Waals surface area contributed by atoms with Crippen molar-refractivity contribution in [2.24, 2.45) is 17.3 Å². The minimum Gasteiger partial charge on any atom is -0.469 e. The third-order valence-corrected chi connectivity index (χ3v) is 4.75. The molecule has 0 spiro atoms. The number of rotatable bonds is 1. The van der Waals surface area contributed by atoms with Gasteiger partial charge in [-0.25, -0.2) is 0 Å². The molecule has 0 amide bonds. The Morgan fingerprint density at radius 1 is 1.19 bits per heavy atom. The highest BCUT2D eigenvalue weighted by Crippen LogP contribution is 2.48. The molecule has 0 aromatic carbocycles. The highest BCUT2D eigenvalue weighted by Gasteiger charge is 2.44. The van der Waals surface area contributed by atoms with Gasteiger partial charge < -0.3 is 4.74 Å². The Balaban J connectivity index is 2.15. The predicted molar refractivity (Wildman–Crippen MR) is 64.0 cm³/mol. The van der Waals surface area contributed by atoms with Gasteiger partial charge in [0.2, 0.25) is 0 Å². The number of esters is 1. The average molecular weight is 224 g/mol. The summed E-state index contributed by atoms with van der Waals surface area (Å²) in [6, 6.07) is 0. The Morgan fingerprint density at radius 3 is 2.75 bits per heavy atom. The van der Waals surface area contributed by atoms with Gasteiger partial charge >= 0.3 is 5.97 Å². The minimum absolute atomic E-state index is 0.0614. The molecule has 0 heterocycles. The first-order chi connectivity index (χ1) is 7.66. The van der Waals surface area contributed by atoms with E-state index in [0.29, 0.717) is 0 Å². The summed E-state index contributed by atoms with van der Waals surface area (Å²) in [5, 5.41) is 0. The highest BCUT2D eigenvalue weighted by atomic mass is 16.5. The Labute approximate surface area is 98.7 Å². The molecule has 2 nitrogen and oxygen atoms in total. The highest BCUT2D eigenvalue weighted by molar-refractivity contribution is 5.76. The Bertz CT molecular complexity index is 261. The van der Waals surface area contributed by atoms with Gasteiger partial charge in [0.25, 0.3) is 0 Å². The van der Waals surface area contributed by atoms with Crippen LogP contribution in [0.1, 0.15) is 58.3 Å². The van der Waals surface area contributed by atoms with Gasteiger partial charge in [0.15, 0.2) is 0 Å².